The molecular formula is C19H18ClNO3S. The summed E-state index contributed by atoms with van der Waals surface area (Å²) in [6.07, 6.45) is 0. The van der Waals surface area contributed by atoms with Crippen LogP contribution < -0.4 is 0 Å². The van der Waals surface area contributed by atoms with Crippen LogP contribution in [0.1, 0.15) is 20.7 Å². The highest BCUT2D eigenvalue weighted by atomic mass is 35.5. The van der Waals surface area contributed by atoms with Crippen LogP contribution in [0.4, 0.5) is 0 Å². The lowest BCUT2D eigenvalue weighted by atomic mass is 10.0. The topological polar surface area (TPSA) is 46.6 Å². The highest BCUT2D eigenvalue weighted by molar-refractivity contribution is 8.00. The predicted molar refractivity (Wildman–Crippen MR) is 99.7 cm³/mol. The summed E-state index contributed by atoms with van der Waals surface area (Å²) in [5.74, 6) is 0.107. The van der Waals surface area contributed by atoms with Crippen molar-refractivity contribution in [1.29, 1.82) is 0 Å². The van der Waals surface area contributed by atoms with Gasteiger partial charge in [0.25, 0.3) is 5.91 Å². The van der Waals surface area contributed by atoms with E-state index in [-0.39, 0.29) is 17.4 Å². The lowest BCUT2D eigenvalue weighted by Gasteiger charge is -2.27. The van der Waals surface area contributed by atoms with Crippen LogP contribution >= 0.6 is 23.4 Å². The number of morpholine rings is 1. The van der Waals surface area contributed by atoms with Crippen molar-refractivity contribution in [3.05, 3.63) is 64.7 Å². The Hall–Kier alpha value is -1.82. The Morgan fingerprint density at radius 3 is 2.32 bits per heavy atom. The summed E-state index contributed by atoms with van der Waals surface area (Å²) in [7, 11) is 0. The molecule has 0 unspecified atom stereocenters. The lowest BCUT2D eigenvalue weighted by molar-refractivity contribution is 0.0302. The van der Waals surface area contributed by atoms with Gasteiger partial charge < -0.3 is 9.64 Å². The van der Waals surface area contributed by atoms with Crippen LogP contribution in [0.25, 0.3) is 0 Å². The lowest BCUT2D eigenvalue weighted by Crippen LogP contribution is -2.41. The number of rotatable bonds is 5. The van der Waals surface area contributed by atoms with E-state index in [4.69, 9.17) is 16.3 Å². The Balaban J connectivity index is 1.71. The van der Waals surface area contributed by atoms with E-state index in [9.17, 15) is 9.59 Å². The normalized spacial score (nSPS) is 14.4. The van der Waals surface area contributed by atoms with Gasteiger partial charge in [0.2, 0.25) is 0 Å². The second-order valence-corrected chi connectivity index (χ2v) is 7.10. The summed E-state index contributed by atoms with van der Waals surface area (Å²) >= 11 is 7.31. The van der Waals surface area contributed by atoms with Crippen molar-refractivity contribution < 1.29 is 14.3 Å². The molecule has 0 N–H and O–H groups in total. The Labute approximate surface area is 156 Å². The van der Waals surface area contributed by atoms with Crippen molar-refractivity contribution in [2.45, 2.75) is 4.90 Å². The van der Waals surface area contributed by atoms with E-state index in [1.807, 2.05) is 12.1 Å². The van der Waals surface area contributed by atoms with E-state index >= 15 is 0 Å². The second-order valence-electron chi connectivity index (χ2n) is 5.62. The maximum absolute atomic E-state index is 12.7. The van der Waals surface area contributed by atoms with E-state index in [2.05, 4.69) is 0 Å². The van der Waals surface area contributed by atoms with Gasteiger partial charge in [-0.05, 0) is 30.3 Å². The zero-order valence-electron chi connectivity index (χ0n) is 13.6. The summed E-state index contributed by atoms with van der Waals surface area (Å²) in [6, 6.07) is 14.4. The molecule has 0 bridgehead atoms. The van der Waals surface area contributed by atoms with E-state index in [1.54, 1.807) is 41.3 Å². The molecule has 1 aliphatic rings. The van der Waals surface area contributed by atoms with Crippen molar-refractivity contribution in [2.24, 2.45) is 0 Å². The van der Waals surface area contributed by atoms with Crippen LogP contribution in [-0.2, 0) is 4.74 Å². The number of hydrogen-bond acceptors (Lipinski definition) is 4. The minimum absolute atomic E-state index is 0.0582. The number of ketones is 1. The van der Waals surface area contributed by atoms with Gasteiger partial charge in [0.15, 0.2) is 5.78 Å². The molecule has 1 heterocycles. The van der Waals surface area contributed by atoms with Gasteiger partial charge in [0.1, 0.15) is 0 Å². The molecule has 0 saturated carbocycles. The van der Waals surface area contributed by atoms with Crippen LogP contribution in [-0.4, -0.2) is 48.6 Å². The molecular weight excluding hydrogens is 358 g/mol. The standard InChI is InChI=1S/C19H18ClNO3S/c20-14-5-7-15(8-6-14)25-13-18(22)16-3-1-2-4-17(16)19(23)21-9-11-24-12-10-21/h1-8H,9-13H2. The van der Waals surface area contributed by atoms with Crippen LogP contribution in [0, 0.1) is 0 Å². The number of thioether (sulfide) groups is 1. The molecule has 0 aliphatic carbocycles. The Kier molecular flexibility index (Phi) is 6.13. The van der Waals surface area contributed by atoms with Gasteiger partial charge in [-0.2, -0.15) is 0 Å². The van der Waals surface area contributed by atoms with Crippen LogP contribution in [0.2, 0.25) is 5.02 Å². The first kappa shape index (κ1) is 18.0. The second kappa shape index (κ2) is 8.52. The molecule has 1 aliphatic heterocycles. The monoisotopic (exact) mass is 375 g/mol. The maximum atomic E-state index is 12.7. The summed E-state index contributed by atoms with van der Waals surface area (Å²) in [4.78, 5) is 28.1. The molecule has 2 aromatic rings. The van der Waals surface area contributed by atoms with E-state index in [0.29, 0.717) is 42.5 Å². The molecule has 2 aromatic carbocycles. The number of carbonyl (C=O) groups excluding carboxylic acids is 2. The number of Topliss-reactive ketones (excluding diaryl/α,β-unsaturated/α-hetero) is 1. The first-order valence-electron chi connectivity index (χ1n) is 8.03. The zero-order chi connectivity index (χ0) is 17.6. The predicted octanol–water partition coefficient (Wildman–Crippen LogP) is 3.79. The third kappa shape index (κ3) is 4.63. The Morgan fingerprint density at radius 2 is 1.64 bits per heavy atom. The summed E-state index contributed by atoms with van der Waals surface area (Å²) in [5.41, 5.74) is 0.937. The van der Waals surface area contributed by atoms with E-state index < -0.39 is 0 Å². The number of nitrogens with zero attached hydrogens (tertiary/aromatic N) is 1. The number of amides is 1. The fourth-order valence-electron chi connectivity index (χ4n) is 2.61. The minimum Gasteiger partial charge on any atom is -0.378 e. The van der Waals surface area contributed by atoms with E-state index in [1.165, 1.54) is 11.8 Å². The van der Waals surface area contributed by atoms with Crippen molar-refractivity contribution in [3.8, 4) is 0 Å². The van der Waals surface area contributed by atoms with Gasteiger partial charge in [-0.25, -0.2) is 0 Å². The highest BCUT2D eigenvalue weighted by Crippen LogP contribution is 2.22. The van der Waals surface area contributed by atoms with Crippen LogP contribution in [0.15, 0.2) is 53.4 Å². The smallest absolute Gasteiger partial charge is 0.254 e. The number of halogens is 1. The van der Waals surface area contributed by atoms with Crippen LogP contribution in [0.5, 0.6) is 0 Å². The first-order chi connectivity index (χ1) is 12.1. The van der Waals surface area contributed by atoms with Gasteiger partial charge >= 0.3 is 0 Å². The molecule has 1 fully saturated rings. The molecule has 0 aromatic heterocycles. The van der Waals surface area contributed by atoms with Gasteiger partial charge in [-0.15, -0.1) is 11.8 Å². The summed E-state index contributed by atoms with van der Waals surface area (Å²) in [5, 5.41) is 0.664. The number of benzene rings is 2. The molecule has 3 rings (SSSR count). The van der Waals surface area contributed by atoms with Crippen molar-refractivity contribution in [3.63, 3.8) is 0 Å². The van der Waals surface area contributed by atoms with Crippen molar-refractivity contribution in [1.82, 2.24) is 4.90 Å². The minimum atomic E-state index is -0.108. The molecule has 25 heavy (non-hydrogen) atoms. The number of carbonyl (C=O) groups is 2. The SMILES string of the molecule is O=C(CSc1ccc(Cl)cc1)c1ccccc1C(=O)N1CCOCC1. The third-order valence-corrected chi connectivity index (χ3v) is 5.20. The van der Waals surface area contributed by atoms with Gasteiger partial charge in [-0.3, -0.25) is 9.59 Å². The average molecular weight is 376 g/mol. The maximum Gasteiger partial charge on any atom is 0.254 e. The summed E-state index contributed by atoms with van der Waals surface area (Å²) in [6.45, 7) is 2.18. The van der Waals surface area contributed by atoms with Gasteiger partial charge in [0.05, 0.1) is 24.5 Å². The quantitative estimate of drug-likeness (QED) is 0.589. The largest absolute Gasteiger partial charge is 0.378 e. The molecule has 4 nitrogen and oxygen atoms in total. The zero-order valence-corrected chi connectivity index (χ0v) is 15.2. The summed E-state index contributed by atoms with van der Waals surface area (Å²) < 4.78 is 5.29. The molecule has 1 amide bonds. The Bertz CT molecular complexity index is 758. The van der Waals surface area contributed by atoms with E-state index in [0.717, 1.165) is 4.90 Å². The fraction of sp³-hybridized carbons (Fsp3) is 0.263. The molecule has 130 valence electrons. The highest BCUT2D eigenvalue weighted by Gasteiger charge is 2.23. The average Bonchev–Trinajstić information content (AvgIpc) is 2.67. The molecule has 0 atom stereocenters. The molecule has 1 saturated heterocycles. The molecule has 6 heteroatoms. The Morgan fingerprint density at radius 1 is 1.00 bits per heavy atom. The van der Waals surface area contributed by atoms with Crippen LogP contribution in [0.3, 0.4) is 0 Å². The fourth-order valence-corrected chi connectivity index (χ4v) is 3.51. The molecule has 0 spiro atoms. The number of ether oxygens (including phenoxy) is 1. The molecule has 0 radical (unpaired) electrons. The van der Waals surface area contributed by atoms with Crippen molar-refractivity contribution >= 4 is 35.1 Å². The number of hydrogen-bond donors (Lipinski definition) is 0. The van der Waals surface area contributed by atoms with Gasteiger partial charge in [-0.1, -0.05) is 29.8 Å². The van der Waals surface area contributed by atoms with Crippen molar-refractivity contribution in [2.75, 3.05) is 32.1 Å². The van der Waals surface area contributed by atoms with Gasteiger partial charge in [0, 0.05) is 28.6 Å². The third-order valence-electron chi connectivity index (χ3n) is 3.94. The first-order valence-corrected chi connectivity index (χ1v) is 9.39.